The lowest BCUT2D eigenvalue weighted by atomic mass is 9.86. The molecule has 28 heavy (non-hydrogen) atoms. The summed E-state index contributed by atoms with van der Waals surface area (Å²) in [5.41, 5.74) is 2.67. The summed E-state index contributed by atoms with van der Waals surface area (Å²) in [6.07, 6.45) is 0. The second kappa shape index (κ2) is 10.3. The summed E-state index contributed by atoms with van der Waals surface area (Å²) in [5, 5.41) is 3.04. The highest BCUT2D eigenvalue weighted by atomic mass is 16.5. The van der Waals surface area contributed by atoms with Crippen LogP contribution in [0.25, 0.3) is 0 Å². The molecule has 1 amide bonds. The largest absolute Gasteiger partial charge is 0.484 e. The van der Waals surface area contributed by atoms with Crippen molar-refractivity contribution in [1.82, 2.24) is 10.2 Å². The molecular formula is C24H34N2O2. The van der Waals surface area contributed by atoms with Crippen LogP contribution in [0.1, 0.15) is 51.8 Å². The van der Waals surface area contributed by atoms with Crippen molar-refractivity contribution in [2.24, 2.45) is 0 Å². The van der Waals surface area contributed by atoms with Crippen molar-refractivity contribution in [2.45, 2.75) is 46.1 Å². The van der Waals surface area contributed by atoms with Crippen LogP contribution in [0.5, 0.6) is 5.75 Å². The summed E-state index contributed by atoms with van der Waals surface area (Å²) in [5.74, 6) is 0.600. The number of carbonyl (C=O) groups is 1. The molecule has 0 fully saturated rings. The third kappa shape index (κ3) is 6.38. The number of rotatable bonds is 9. The lowest BCUT2D eigenvalue weighted by Gasteiger charge is -2.31. The molecule has 0 aliphatic carbocycles. The average molecular weight is 383 g/mol. The number of hydrogen-bond acceptors (Lipinski definition) is 3. The maximum absolute atomic E-state index is 12.3. The first-order valence-electron chi connectivity index (χ1n) is 10.1. The fourth-order valence-corrected chi connectivity index (χ4v) is 3.25. The molecule has 0 bridgehead atoms. The van der Waals surface area contributed by atoms with Crippen molar-refractivity contribution >= 4 is 5.91 Å². The number of likely N-dealkylation sites (N-methyl/N-ethyl adjacent to an activating group) is 1. The Kier molecular flexibility index (Phi) is 8.06. The topological polar surface area (TPSA) is 41.6 Å². The van der Waals surface area contributed by atoms with Crippen molar-refractivity contribution in [3.05, 3.63) is 65.7 Å². The van der Waals surface area contributed by atoms with E-state index in [1.165, 1.54) is 11.1 Å². The van der Waals surface area contributed by atoms with E-state index in [1.54, 1.807) is 0 Å². The number of nitrogens with zero attached hydrogens (tertiary/aromatic N) is 1. The van der Waals surface area contributed by atoms with E-state index in [0.29, 0.717) is 12.3 Å². The van der Waals surface area contributed by atoms with Crippen LogP contribution in [-0.4, -0.2) is 37.0 Å². The zero-order valence-corrected chi connectivity index (χ0v) is 17.9. The molecule has 0 radical (unpaired) electrons. The molecule has 0 heterocycles. The fourth-order valence-electron chi connectivity index (χ4n) is 3.25. The summed E-state index contributed by atoms with van der Waals surface area (Å²) < 4.78 is 5.55. The molecule has 0 aliphatic heterocycles. The summed E-state index contributed by atoms with van der Waals surface area (Å²) in [7, 11) is 0. The van der Waals surface area contributed by atoms with Crippen molar-refractivity contribution in [1.29, 1.82) is 0 Å². The summed E-state index contributed by atoms with van der Waals surface area (Å²) in [6.45, 7) is 13.4. The first kappa shape index (κ1) is 22.0. The lowest BCUT2D eigenvalue weighted by Crippen LogP contribution is -2.39. The molecule has 0 saturated carbocycles. The van der Waals surface area contributed by atoms with E-state index in [9.17, 15) is 4.79 Å². The Morgan fingerprint density at radius 3 is 2.14 bits per heavy atom. The zero-order chi connectivity index (χ0) is 20.6. The van der Waals surface area contributed by atoms with Gasteiger partial charge in [-0.05, 0) is 41.8 Å². The first-order valence-corrected chi connectivity index (χ1v) is 10.1. The lowest BCUT2D eigenvalue weighted by molar-refractivity contribution is -0.123. The highest BCUT2D eigenvalue weighted by Gasteiger charge is 2.20. The summed E-state index contributed by atoms with van der Waals surface area (Å²) in [6, 6.07) is 18.3. The van der Waals surface area contributed by atoms with Crippen LogP contribution in [0.4, 0.5) is 0 Å². The van der Waals surface area contributed by atoms with E-state index < -0.39 is 0 Å². The molecule has 0 aliphatic rings. The van der Waals surface area contributed by atoms with Crippen molar-refractivity contribution < 1.29 is 9.53 Å². The van der Waals surface area contributed by atoms with Crippen LogP contribution in [0.3, 0.4) is 0 Å². The average Bonchev–Trinajstić information content (AvgIpc) is 2.70. The normalized spacial score (nSPS) is 12.6. The number of para-hydroxylation sites is 1. The van der Waals surface area contributed by atoms with Gasteiger partial charge in [0, 0.05) is 6.54 Å². The second-order valence-corrected chi connectivity index (χ2v) is 8.01. The van der Waals surface area contributed by atoms with E-state index >= 15 is 0 Å². The fraction of sp³-hybridized carbons (Fsp3) is 0.458. The van der Waals surface area contributed by atoms with Gasteiger partial charge in [0.2, 0.25) is 0 Å². The minimum atomic E-state index is -0.104. The van der Waals surface area contributed by atoms with Gasteiger partial charge in [-0.3, -0.25) is 9.69 Å². The molecule has 2 aromatic rings. The number of amides is 1. The van der Waals surface area contributed by atoms with Gasteiger partial charge in [0.15, 0.2) is 6.61 Å². The molecule has 0 saturated heterocycles. The molecule has 0 aromatic heterocycles. The van der Waals surface area contributed by atoms with Crippen LogP contribution in [-0.2, 0) is 10.2 Å². The number of hydrogen-bond donors (Lipinski definition) is 1. The number of nitrogens with one attached hydrogen (secondary N) is 1. The quantitative estimate of drug-likeness (QED) is 0.691. The predicted molar refractivity (Wildman–Crippen MR) is 116 cm³/mol. The van der Waals surface area contributed by atoms with Gasteiger partial charge in [-0.1, -0.05) is 77.1 Å². The third-order valence-corrected chi connectivity index (χ3v) is 5.02. The molecule has 0 spiro atoms. The molecule has 1 atom stereocenters. The van der Waals surface area contributed by atoms with E-state index in [4.69, 9.17) is 4.74 Å². The number of ether oxygens (including phenoxy) is 1. The zero-order valence-electron chi connectivity index (χ0n) is 17.9. The van der Waals surface area contributed by atoms with E-state index in [-0.39, 0.29) is 24.0 Å². The number of benzene rings is 2. The van der Waals surface area contributed by atoms with Gasteiger partial charge < -0.3 is 10.1 Å². The molecule has 4 nitrogen and oxygen atoms in total. The van der Waals surface area contributed by atoms with Crippen LogP contribution in [0.15, 0.2) is 54.6 Å². The van der Waals surface area contributed by atoms with Gasteiger partial charge in [-0.15, -0.1) is 0 Å². The van der Waals surface area contributed by atoms with Gasteiger partial charge in [0.1, 0.15) is 5.75 Å². The van der Waals surface area contributed by atoms with Gasteiger partial charge in [-0.2, -0.15) is 0 Å². The second-order valence-electron chi connectivity index (χ2n) is 8.01. The highest BCUT2D eigenvalue weighted by molar-refractivity contribution is 5.77. The highest BCUT2D eigenvalue weighted by Crippen LogP contribution is 2.26. The SMILES string of the molecule is CCN(CC)[C@@H](CNC(=O)COc1ccccc1)c1ccc(C(C)(C)C)cc1. The monoisotopic (exact) mass is 382 g/mol. The predicted octanol–water partition coefficient (Wildman–Crippen LogP) is 4.56. The van der Waals surface area contributed by atoms with Crippen LogP contribution in [0, 0.1) is 0 Å². The van der Waals surface area contributed by atoms with E-state index in [1.807, 2.05) is 30.3 Å². The Hall–Kier alpha value is -2.33. The van der Waals surface area contributed by atoms with Gasteiger partial charge in [-0.25, -0.2) is 0 Å². The molecule has 2 rings (SSSR count). The molecule has 1 N–H and O–H groups in total. The minimum absolute atomic E-state index is 0.0257. The Balaban J connectivity index is 2.01. The van der Waals surface area contributed by atoms with E-state index in [2.05, 4.69) is 69.1 Å². The Morgan fingerprint density at radius 2 is 1.61 bits per heavy atom. The molecule has 4 heteroatoms. The Bertz CT molecular complexity index is 717. The molecular weight excluding hydrogens is 348 g/mol. The van der Waals surface area contributed by atoms with E-state index in [0.717, 1.165) is 13.1 Å². The van der Waals surface area contributed by atoms with Crippen LogP contribution < -0.4 is 10.1 Å². The Labute approximate surface area is 169 Å². The van der Waals surface area contributed by atoms with Crippen molar-refractivity contribution in [2.75, 3.05) is 26.2 Å². The van der Waals surface area contributed by atoms with Gasteiger partial charge in [0.25, 0.3) is 5.91 Å². The third-order valence-electron chi connectivity index (χ3n) is 5.02. The first-order chi connectivity index (χ1) is 13.3. The van der Waals surface area contributed by atoms with Gasteiger partial charge in [0.05, 0.1) is 6.04 Å². The maximum Gasteiger partial charge on any atom is 0.258 e. The van der Waals surface area contributed by atoms with Crippen LogP contribution >= 0.6 is 0 Å². The summed E-state index contributed by atoms with van der Waals surface area (Å²) in [4.78, 5) is 14.6. The Morgan fingerprint density at radius 1 is 1.00 bits per heavy atom. The minimum Gasteiger partial charge on any atom is -0.484 e. The summed E-state index contributed by atoms with van der Waals surface area (Å²) >= 11 is 0. The van der Waals surface area contributed by atoms with Crippen LogP contribution in [0.2, 0.25) is 0 Å². The molecule has 2 aromatic carbocycles. The maximum atomic E-state index is 12.3. The van der Waals surface area contributed by atoms with Gasteiger partial charge >= 0.3 is 0 Å². The van der Waals surface area contributed by atoms with Crippen molar-refractivity contribution in [3.63, 3.8) is 0 Å². The molecule has 152 valence electrons. The number of carbonyl (C=O) groups excluding carboxylic acids is 1. The smallest absolute Gasteiger partial charge is 0.258 e. The molecule has 0 unspecified atom stereocenters. The standard InChI is InChI=1S/C24H34N2O2/c1-6-26(7-2)22(19-13-15-20(16-14-19)24(3,4)5)17-25-23(27)18-28-21-11-9-8-10-12-21/h8-16,22H,6-7,17-18H2,1-5H3,(H,25,27)/t22-/m0/s1. The van der Waals surface area contributed by atoms with Crippen molar-refractivity contribution in [3.8, 4) is 5.75 Å².